The molecule has 0 spiro atoms. The summed E-state index contributed by atoms with van der Waals surface area (Å²) >= 11 is 0. The highest BCUT2D eigenvalue weighted by molar-refractivity contribution is 6.04. The molecule has 0 heterocycles. The molecule has 0 saturated heterocycles. The van der Waals surface area contributed by atoms with Gasteiger partial charge >= 0.3 is 12.1 Å². The zero-order valence-electron chi connectivity index (χ0n) is 12.6. The smallest absolute Gasteiger partial charge is 0.390 e. The number of carbonyl (C=O) groups excluding carboxylic acids is 2. The first-order valence-corrected chi connectivity index (χ1v) is 7.12. The van der Waals surface area contributed by atoms with Crippen LogP contribution >= 0.6 is 0 Å². The number of alkyl halides is 3. The fourth-order valence-corrected chi connectivity index (χ4v) is 3.08. The Bertz CT molecular complexity index is 624. The van der Waals surface area contributed by atoms with E-state index in [0.29, 0.717) is 11.1 Å². The standard InChI is InChI=1S/C16H17F3O4/c1-23-13(21)7-15(9-16(17,18)19)5-4-11-6-10(8-20)2-3-12(11)14(15)22/h2-3,6,20H,4-5,7-9H2,1H3. The first-order chi connectivity index (χ1) is 10.7. The number of hydrogen-bond acceptors (Lipinski definition) is 4. The van der Waals surface area contributed by atoms with Gasteiger partial charge in [-0.15, -0.1) is 0 Å². The van der Waals surface area contributed by atoms with Gasteiger partial charge in [-0.05, 0) is 24.0 Å². The summed E-state index contributed by atoms with van der Waals surface area (Å²) in [7, 11) is 1.08. The Hall–Kier alpha value is -1.89. The molecular formula is C16H17F3O4. The summed E-state index contributed by atoms with van der Waals surface area (Å²) in [5.41, 5.74) is -0.447. The molecule has 1 aliphatic carbocycles. The molecule has 23 heavy (non-hydrogen) atoms. The van der Waals surface area contributed by atoms with Crippen LogP contribution in [-0.4, -0.2) is 30.1 Å². The van der Waals surface area contributed by atoms with Crippen molar-refractivity contribution in [3.63, 3.8) is 0 Å². The van der Waals surface area contributed by atoms with Gasteiger partial charge in [0.2, 0.25) is 0 Å². The minimum absolute atomic E-state index is 0.0810. The number of rotatable bonds is 4. The molecule has 1 aromatic carbocycles. The second-order valence-electron chi connectivity index (χ2n) is 5.80. The summed E-state index contributed by atoms with van der Waals surface area (Å²) in [4.78, 5) is 24.3. The number of halogens is 3. The molecule has 7 heteroatoms. The van der Waals surface area contributed by atoms with Crippen LogP contribution in [0.2, 0.25) is 0 Å². The van der Waals surface area contributed by atoms with Crippen LogP contribution in [0.25, 0.3) is 0 Å². The van der Waals surface area contributed by atoms with Gasteiger partial charge in [-0.2, -0.15) is 13.2 Å². The molecule has 1 atom stereocenters. The molecule has 0 radical (unpaired) electrons. The molecule has 0 aromatic heterocycles. The highest BCUT2D eigenvalue weighted by atomic mass is 19.4. The number of Topliss-reactive ketones (excluding diaryl/α,β-unsaturated/α-hetero) is 1. The lowest BCUT2D eigenvalue weighted by Gasteiger charge is -2.36. The number of ether oxygens (including phenoxy) is 1. The van der Waals surface area contributed by atoms with Crippen LogP contribution in [0.1, 0.15) is 40.7 Å². The summed E-state index contributed by atoms with van der Waals surface area (Å²) in [5.74, 6) is -1.52. The minimum atomic E-state index is -4.56. The largest absolute Gasteiger partial charge is 0.469 e. The molecule has 0 bridgehead atoms. The zero-order valence-corrected chi connectivity index (χ0v) is 12.6. The summed E-state index contributed by atoms with van der Waals surface area (Å²) < 4.78 is 43.4. The van der Waals surface area contributed by atoms with E-state index in [1.165, 1.54) is 12.1 Å². The van der Waals surface area contributed by atoms with Crippen LogP contribution in [0.15, 0.2) is 18.2 Å². The Balaban J connectivity index is 2.43. The molecule has 126 valence electrons. The maximum absolute atomic E-state index is 13.0. The van der Waals surface area contributed by atoms with Gasteiger partial charge < -0.3 is 9.84 Å². The zero-order chi connectivity index (χ0) is 17.3. The number of carbonyl (C=O) groups is 2. The van der Waals surface area contributed by atoms with Gasteiger partial charge in [0.15, 0.2) is 5.78 Å². The molecule has 0 saturated carbocycles. The second kappa shape index (κ2) is 6.31. The van der Waals surface area contributed by atoms with E-state index in [4.69, 9.17) is 5.11 Å². The molecule has 0 fully saturated rings. The van der Waals surface area contributed by atoms with Crippen LogP contribution < -0.4 is 0 Å². The number of methoxy groups -OCH3 is 1. The van der Waals surface area contributed by atoms with Gasteiger partial charge in [-0.3, -0.25) is 9.59 Å². The Kier molecular flexibility index (Phi) is 4.79. The number of esters is 1. The maximum atomic E-state index is 13.0. The maximum Gasteiger partial charge on any atom is 0.390 e. The number of aryl methyl sites for hydroxylation is 1. The Morgan fingerprint density at radius 1 is 1.39 bits per heavy atom. The van der Waals surface area contributed by atoms with Crippen molar-refractivity contribution in [3.8, 4) is 0 Å². The number of benzene rings is 1. The molecule has 0 aliphatic heterocycles. The quantitative estimate of drug-likeness (QED) is 0.862. The predicted molar refractivity (Wildman–Crippen MR) is 74.8 cm³/mol. The molecule has 0 amide bonds. The van der Waals surface area contributed by atoms with Gasteiger partial charge in [-0.1, -0.05) is 18.2 Å². The lowest BCUT2D eigenvalue weighted by Crippen LogP contribution is -2.41. The third-order valence-corrected chi connectivity index (χ3v) is 4.20. The van der Waals surface area contributed by atoms with Crippen molar-refractivity contribution >= 4 is 11.8 Å². The fraction of sp³-hybridized carbons (Fsp3) is 0.500. The number of ketones is 1. The van der Waals surface area contributed by atoms with Gasteiger partial charge in [0.25, 0.3) is 0 Å². The number of hydrogen-bond donors (Lipinski definition) is 1. The third kappa shape index (κ3) is 3.72. The van der Waals surface area contributed by atoms with Crippen molar-refractivity contribution in [2.24, 2.45) is 5.41 Å². The first-order valence-electron chi connectivity index (χ1n) is 7.12. The van der Waals surface area contributed by atoms with E-state index in [1.54, 1.807) is 6.07 Å². The van der Waals surface area contributed by atoms with E-state index >= 15 is 0 Å². The first kappa shape index (κ1) is 17.5. The van der Waals surface area contributed by atoms with Crippen molar-refractivity contribution in [2.45, 2.75) is 38.5 Å². The highest BCUT2D eigenvalue weighted by Crippen LogP contribution is 2.46. The van der Waals surface area contributed by atoms with Crippen molar-refractivity contribution in [1.82, 2.24) is 0 Å². The van der Waals surface area contributed by atoms with Gasteiger partial charge in [-0.25, -0.2) is 0 Å². The van der Waals surface area contributed by atoms with Gasteiger partial charge in [0, 0.05) is 5.56 Å². The Morgan fingerprint density at radius 2 is 2.09 bits per heavy atom. The van der Waals surface area contributed by atoms with Crippen molar-refractivity contribution in [3.05, 3.63) is 34.9 Å². The van der Waals surface area contributed by atoms with Crippen LogP contribution in [0.3, 0.4) is 0 Å². The molecule has 2 rings (SSSR count). The van der Waals surface area contributed by atoms with Crippen LogP contribution in [0, 0.1) is 5.41 Å². The van der Waals surface area contributed by atoms with E-state index in [9.17, 15) is 22.8 Å². The van der Waals surface area contributed by atoms with E-state index < -0.39 is 36.2 Å². The van der Waals surface area contributed by atoms with Crippen LogP contribution in [0.5, 0.6) is 0 Å². The second-order valence-corrected chi connectivity index (χ2v) is 5.80. The average molecular weight is 330 g/mol. The van der Waals surface area contributed by atoms with Crippen LogP contribution in [-0.2, 0) is 22.6 Å². The van der Waals surface area contributed by atoms with E-state index in [1.807, 2.05) is 0 Å². The fourth-order valence-electron chi connectivity index (χ4n) is 3.08. The number of aliphatic hydroxyl groups is 1. The molecule has 1 N–H and O–H groups in total. The van der Waals surface area contributed by atoms with E-state index in [-0.39, 0.29) is 25.0 Å². The SMILES string of the molecule is COC(=O)CC1(CC(F)(F)F)CCc2cc(CO)ccc2C1=O. The predicted octanol–water partition coefficient (Wildman–Crippen LogP) is 2.81. The summed E-state index contributed by atoms with van der Waals surface area (Å²) in [6.07, 6.45) is -6.35. The summed E-state index contributed by atoms with van der Waals surface area (Å²) in [5, 5.41) is 9.12. The average Bonchev–Trinajstić information content (AvgIpc) is 2.49. The highest BCUT2D eigenvalue weighted by Gasteiger charge is 2.51. The topological polar surface area (TPSA) is 63.6 Å². The Morgan fingerprint density at radius 3 is 2.65 bits per heavy atom. The molecule has 4 nitrogen and oxygen atoms in total. The van der Waals surface area contributed by atoms with Crippen molar-refractivity contribution in [2.75, 3.05) is 7.11 Å². The van der Waals surface area contributed by atoms with Crippen LogP contribution in [0.4, 0.5) is 13.2 Å². The molecular weight excluding hydrogens is 313 g/mol. The number of aliphatic hydroxyl groups excluding tert-OH is 1. The lowest BCUT2D eigenvalue weighted by molar-refractivity contribution is -0.161. The van der Waals surface area contributed by atoms with Crippen molar-refractivity contribution < 1.29 is 32.6 Å². The monoisotopic (exact) mass is 330 g/mol. The summed E-state index contributed by atoms with van der Waals surface area (Å²) in [6.45, 7) is -0.211. The Labute approximate surface area is 131 Å². The van der Waals surface area contributed by atoms with Gasteiger partial charge in [0.05, 0.1) is 32.0 Å². The van der Waals surface area contributed by atoms with E-state index in [0.717, 1.165) is 7.11 Å². The normalized spacial score (nSPS) is 21.0. The third-order valence-electron chi connectivity index (χ3n) is 4.20. The molecule has 1 aliphatic rings. The summed E-state index contributed by atoms with van der Waals surface area (Å²) in [6, 6.07) is 4.53. The minimum Gasteiger partial charge on any atom is -0.469 e. The van der Waals surface area contributed by atoms with Crippen molar-refractivity contribution in [1.29, 1.82) is 0 Å². The molecule has 1 aromatic rings. The van der Waals surface area contributed by atoms with Gasteiger partial charge in [0.1, 0.15) is 0 Å². The molecule has 1 unspecified atom stereocenters. The lowest BCUT2D eigenvalue weighted by atomic mass is 9.66. The van der Waals surface area contributed by atoms with E-state index in [2.05, 4.69) is 4.74 Å². The number of fused-ring (bicyclic) bond motifs is 1.